The lowest BCUT2D eigenvalue weighted by Crippen LogP contribution is -2.09. The SMILES string of the molecule is Cc1ccccc1OCCOc1ccc(Cl)c(N)c1. The highest BCUT2D eigenvalue weighted by molar-refractivity contribution is 6.33. The van der Waals surface area contributed by atoms with E-state index >= 15 is 0 Å². The van der Waals surface area contributed by atoms with Crippen LogP contribution in [0.5, 0.6) is 11.5 Å². The number of nitrogen functional groups attached to an aromatic ring is 1. The van der Waals surface area contributed by atoms with Gasteiger partial charge in [0.15, 0.2) is 0 Å². The summed E-state index contributed by atoms with van der Waals surface area (Å²) in [7, 11) is 0. The number of hydrogen-bond acceptors (Lipinski definition) is 3. The lowest BCUT2D eigenvalue weighted by molar-refractivity contribution is 0.216. The van der Waals surface area contributed by atoms with Crippen LogP contribution < -0.4 is 15.2 Å². The summed E-state index contributed by atoms with van der Waals surface area (Å²) in [5.74, 6) is 1.57. The molecule has 0 unspecified atom stereocenters. The van der Waals surface area contributed by atoms with Gasteiger partial charge in [0, 0.05) is 6.07 Å². The predicted octanol–water partition coefficient (Wildman–Crippen LogP) is 3.69. The molecule has 0 bridgehead atoms. The number of nitrogens with two attached hydrogens (primary N) is 1. The maximum Gasteiger partial charge on any atom is 0.122 e. The Morgan fingerprint density at radius 2 is 1.79 bits per heavy atom. The minimum atomic E-state index is 0.454. The molecule has 0 heterocycles. The summed E-state index contributed by atoms with van der Waals surface area (Å²) >= 11 is 5.83. The van der Waals surface area contributed by atoms with Crippen molar-refractivity contribution < 1.29 is 9.47 Å². The molecule has 4 heteroatoms. The Kier molecular flexibility index (Phi) is 4.53. The maximum atomic E-state index is 5.83. The number of hydrogen-bond donors (Lipinski definition) is 1. The molecule has 0 spiro atoms. The Balaban J connectivity index is 1.81. The summed E-state index contributed by atoms with van der Waals surface area (Å²) in [6, 6.07) is 13.1. The standard InChI is InChI=1S/C15H16ClNO2/c1-11-4-2-3-5-15(11)19-9-8-18-12-6-7-13(16)14(17)10-12/h2-7,10H,8-9,17H2,1H3. The fraction of sp³-hybridized carbons (Fsp3) is 0.200. The van der Waals surface area contributed by atoms with Crippen LogP contribution in [-0.4, -0.2) is 13.2 Å². The smallest absolute Gasteiger partial charge is 0.122 e. The molecular formula is C15H16ClNO2. The van der Waals surface area contributed by atoms with Crippen LogP contribution in [0.3, 0.4) is 0 Å². The first kappa shape index (κ1) is 13.6. The Bertz CT molecular complexity index is 558. The van der Waals surface area contributed by atoms with Crippen LogP contribution in [0.15, 0.2) is 42.5 Å². The molecule has 0 aliphatic rings. The van der Waals surface area contributed by atoms with Gasteiger partial charge in [-0.3, -0.25) is 0 Å². The van der Waals surface area contributed by atoms with Crippen LogP contribution in [0, 0.1) is 6.92 Å². The minimum Gasteiger partial charge on any atom is -0.490 e. The molecule has 100 valence electrons. The molecule has 3 nitrogen and oxygen atoms in total. The van der Waals surface area contributed by atoms with Gasteiger partial charge in [-0.05, 0) is 30.7 Å². The zero-order chi connectivity index (χ0) is 13.7. The molecule has 0 radical (unpaired) electrons. The third kappa shape index (κ3) is 3.80. The van der Waals surface area contributed by atoms with E-state index in [0.29, 0.717) is 29.7 Å². The van der Waals surface area contributed by atoms with Gasteiger partial charge >= 0.3 is 0 Å². The first-order valence-electron chi connectivity index (χ1n) is 6.03. The zero-order valence-corrected chi connectivity index (χ0v) is 11.5. The third-order valence-electron chi connectivity index (χ3n) is 2.67. The van der Waals surface area contributed by atoms with Crippen molar-refractivity contribution in [3.05, 3.63) is 53.1 Å². The average Bonchev–Trinajstić information content (AvgIpc) is 2.40. The van der Waals surface area contributed by atoms with Gasteiger partial charge in [0.05, 0.1) is 10.7 Å². The van der Waals surface area contributed by atoms with Gasteiger partial charge in [-0.1, -0.05) is 29.8 Å². The summed E-state index contributed by atoms with van der Waals surface area (Å²) in [6.07, 6.45) is 0. The molecule has 2 rings (SSSR count). The van der Waals surface area contributed by atoms with Crippen molar-refractivity contribution >= 4 is 17.3 Å². The molecule has 0 saturated heterocycles. The second-order valence-electron chi connectivity index (χ2n) is 4.15. The maximum absolute atomic E-state index is 5.83. The number of rotatable bonds is 5. The van der Waals surface area contributed by atoms with E-state index in [1.807, 2.05) is 31.2 Å². The second kappa shape index (κ2) is 6.34. The number of aryl methyl sites for hydroxylation is 1. The largest absolute Gasteiger partial charge is 0.490 e. The highest BCUT2D eigenvalue weighted by Crippen LogP contribution is 2.23. The predicted molar refractivity (Wildman–Crippen MR) is 78.0 cm³/mol. The summed E-state index contributed by atoms with van der Waals surface area (Å²) in [4.78, 5) is 0. The van der Waals surface area contributed by atoms with Gasteiger partial charge in [-0.15, -0.1) is 0 Å². The number of para-hydroxylation sites is 1. The number of anilines is 1. The van der Waals surface area contributed by atoms with Gasteiger partial charge in [-0.25, -0.2) is 0 Å². The molecule has 2 aromatic carbocycles. The van der Waals surface area contributed by atoms with Crippen molar-refractivity contribution in [2.45, 2.75) is 6.92 Å². The first-order chi connectivity index (χ1) is 9.16. The normalized spacial score (nSPS) is 10.2. The molecule has 2 N–H and O–H groups in total. The fourth-order valence-electron chi connectivity index (χ4n) is 1.64. The molecule has 2 aromatic rings. The van der Waals surface area contributed by atoms with E-state index < -0.39 is 0 Å². The molecule has 0 atom stereocenters. The van der Waals surface area contributed by atoms with E-state index in [9.17, 15) is 0 Å². The molecule has 0 amide bonds. The highest BCUT2D eigenvalue weighted by atomic mass is 35.5. The first-order valence-corrected chi connectivity index (χ1v) is 6.41. The Morgan fingerprint density at radius 1 is 1.05 bits per heavy atom. The minimum absolute atomic E-state index is 0.454. The van der Waals surface area contributed by atoms with E-state index in [0.717, 1.165) is 11.3 Å². The van der Waals surface area contributed by atoms with Crippen molar-refractivity contribution in [3.63, 3.8) is 0 Å². The molecule has 0 aliphatic carbocycles. The van der Waals surface area contributed by atoms with Gasteiger partial charge in [0.25, 0.3) is 0 Å². The van der Waals surface area contributed by atoms with E-state index in [-0.39, 0.29) is 0 Å². The van der Waals surface area contributed by atoms with Crippen molar-refractivity contribution in [1.82, 2.24) is 0 Å². The summed E-state index contributed by atoms with van der Waals surface area (Å²) in [5.41, 5.74) is 7.32. The van der Waals surface area contributed by atoms with Gasteiger partial charge < -0.3 is 15.2 Å². The van der Waals surface area contributed by atoms with Crippen LogP contribution in [0.25, 0.3) is 0 Å². The average molecular weight is 278 g/mol. The van der Waals surface area contributed by atoms with E-state index in [1.54, 1.807) is 18.2 Å². The van der Waals surface area contributed by atoms with Crippen molar-refractivity contribution in [3.8, 4) is 11.5 Å². The lowest BCUT2D eigenvalue weighted by atomic mass is 10.2. The molecule has 0 fully saturated rings. The van der Waals surface area contributed by atoms with E-state index in [2.05, 4.69) is 0 Å². The topological polar surface area (TPSA) is 44.5 Å². The third-order valence-corrected chi connectivity index (χ3v) is 3.01. The molecule has 0 aliphatic heterocycles. The highest BCUT2D eigenvalue weighted by Gasteiger charge is 2.00. The van der Waals surface area contributed by atoms with Crippen LogP contribution in [0.4, 0.5) is 5.69 Å². The molecule has 0 aromatic heterocycles. The van der Waals surface area contributed by atoms with Crippen LogP contribution in [0.1, 0.15) is 5.56 Å². The fourth-order valence-corrected chi connectivity index (χ4v) is 1.76. The van der Waals surface area contributed by atoms with Crippen LogP contribution >= 0.6 is 11.6 Å². The quantitative estimate of drug-likeness (QED) is 0.670. The monoisotopic (exact) mass is 277 g/mol. The molecule has 0 saturated carbocycles. The Labute approximate surface area is 117 Å². The molecular weight excluding hydrogens is 262 g/mol. The zero-order valence-electron chi connectivity index (χ0n) is 10.7. The van der Waals surface area contributed by atoms with Crippen LogP contribution in [-0.2, 0) is 0 Å². The number of benzene rings is 2. The number of halogens is 1. The van der Waals surface area contributed by atoms with Gasteiger partial charge in [-0.2, -0.15) is 0 Å². The Hall–Kier alpha value is -1.87. The van der Waals surface area contributed by atoms with Crippen molar-refractivity contribution in [2.24, 2.45) is 0 Å². The van der Waals surface area contributed by atoms with Crippen LogP contribution in [0.2, 0.25) is 5.02 Å². The Morgan fingerprint density at radius 3 is 2.53 bits per heavy atom. The van der Waals surface area contributed by atoms with Crippen molar-refractivity contribution in [2.75, 3.05) is 18.9 Å². The summed E-state index contributed by atoms with van der Waals surface area (Å²) in [5, 5.41) is 0.531. The van der Waals surface area contributed by atoms with E-state index in [1.165, 1.54) is 0 Å². The van der Waals surface area contributed by atoms with Gasteiger partial charge in [0.1, 0.15) is 24.7 Å². The summed E-state index contributed by atoms with van der Waals surface area (Å²) in [6.45, 7) is 2.94. The molecule has 19 heavy (non-hydrogen) atoms. The summed E-state index contributed by atoms with van der Waals surface area (Å²) < 4.78 is 11.2. The van der Waals surface area contributed by atoms with E-state index in [4.69, 9.17) is 26.8 Å². The lowest BCUT2D eigenvalue weighted by Gasteiger charge is -2.10. The van der Waals surface area contributed by atoms with Crippen molar-refractivity contribution in [1.29, 1.82) is 0 Å². The second-order valence-corrected chi connectivity index (χ2v) is 4.55. The number of ether oxygens (including phenoxy) is 2. The van der Waals surface area contributed by atoms with Gasteiger partial charge in [0.2, 0.25) is 0 Å².